The van der Waals surface area contributed by atoms with Crippen LogP contribution in [0.3, 0.4) is 0 Å². The van der Waals surface area contributed by atoms with Gasteiger partial charge in [-0.2, -0.15) is 0 Å². The molecule has 0 aliphatic carbocycles. The molecule has 2 rings (SSSR count). The van der Waals surface area contributed by atoms with Crippen LogP contribution in [0.25, 0.3) is 11.1 Å². The molecule has 0 fully saturated rings. The number of nitrogens with zero attached hydrogens (tertiary/aromatic N) is 1. The van der Waals surface area contributed by atoms with Crippen LogP contribution in [0.1, 0.15) is 23.7 Å². The van der Waals surface area contributed by atoms with Gasteiger partial charge in [0.05, 0.1) is 12.8 Å². The highest BCUT2D eigenvalue weighted by Crippen LogP contribution is 2.22. The summed E-state index contributed by atoms with van der Waals surface area (Å²) < 4.78 is 5.54. The summed E-state index contributed by atoms with van der Waals surface area (Å²) in [6.07, 6.45) is 5.30. The lowest BCUT2D eigenvalue weighted by molar-refractivity contribution is 0.112. The number of carbonyl (C=O) groups is 1. The average molecular weight is 241 g/mol. The van der Waals surface area contributed by atoms with Gasteiger partial charge in [0.1, 0.15) is 12.0 Å². The Morgan fingerprint density at radius 1 is 1.17 bits per heavy atom. The Balaban J connectivity index is 2.23. The molecule has 3 nitrogen and oxygen atoms in total. The first kappa shape index (κ1) is 12.3. The van der Waals surface area contributed by atoms with E-state index in [1.807, 2.05) is 18.2 Å². The average Bonchev–Trinajstić information content (AvgIpc) is 2.45. The summed E-state index contributed by atoms with van der Waals surface area (Å²) in [4.78, 5) is 14.8. The van der Waals surface area contributed by atoms with Gasteiger partial charge in [-0.05, 0) is 18.1 Å². The van der Waals surface area contributed by atoms with Crippen LogP contribution in [0.4, 0.5) is 0 Å². The molecule has 18 heavy (non-hydrogen) atoms. The first-order valence-electron chi connectivity index (χ1n) is 5.97. The van der Waals surface area contributed by atoms with Crippen molar-refractivity contribution >= 4 is 6.29 Å². The fourth-order valence-electron chi connectivity index (χ4n) is 1.63. The highest BCUT2D eigenvalue weighted by molar-refractivity contribution is 5.76. The van der Waals surface area contributed by atoms with Crippen LogP contribution in [0.5, 0.6) is 5.75 Å². The van der Waals surface area contributed by atoms with Crippen LogP contribution in [0, 0.1) is 0 Å². The Morgan fingerprint density at radius 3 is 2.61 bits per heavy atom. The van der Waals surface area contributed by atoms with E-state index < -0.39 is 0 Å². The van der Waals surface area contributed by atoms with Crippen molar-refractivity contribution in [2.45, 2.75) is 13.3 Å². The van der Waals surface area contributed by atoms with Gasteiger partial charge in [-0.15, -0.1) is 0 Å². The first-order valence-corrected chi connectivity index (χ1v) is 5.97. The molecule has 0 amide bonds. The van der Waals surface area contributed by atoms with Crippen LogP contribution < -0.4 is 4.74 Å². The van der Waals surface area contributed by atoms with Crippen molar-refractivity contribution in [3.63, 3.8) is 0 Å². The quantitative estimate of drug-likeness (QED) is 0.753. The summed E-state index contributed by atoms with van der Waals surface area (Å²) >= 11 is 0. The maximum absolute atomic E-state index is 10.6. The topological polar surface area (TPSA) is 39.2 Å². The van der Waals surface area contributed by atoms with Crippen LogP contribution >= 0.6 is 0 Å². The Bertz CT molecular complexity index is 520. The van der Waals surface area contributed by atoms with E-state index in [-0.39, 0.29) is 0 Å². The number of ether oxygens (including phenoxy) is 1. The second-order valence-electron chi connectivity index (χ2n) is 4.00. The summed E-state index contributed by atoms with van der Waals surface area (Å²) in [5.74, 6) is 0.772. The van der Waals surface area contributed by atoms with Gasteiger partial charge in [-0.1, -0.05) is 31.2 Å². The third-order valence-corrected chi connectivity index (χ3v) is 2.57. The van der Waals surface area contributed by atoms with Crippen molar-refractivity contribution < 1.29 is 9.53 Å². The first-order chi connectivity index (χ1) is 8.83. The summed E-state index contributed by atoms with van der Waals surface area (Å²) in [5.41, 5.74) is 2.68. The minimum Gasteiger partial charge on any atom is -0.492 e. The molecule has 1 aromatic heterocycles. The summed E-state index contributed by atoms with van der Waals surface area (Å²) in [6.45, 7) is 2.75. The number of carbonyl (C=O) groups excluding carboxylic acids is 1. The maximum Gasteiger partial charge on any atom is 0.150 e. The Morgan fingerprint density at radius 2 is 1.94 bits per heavy atom. The van der Waals surface area contributed by atoms with Crippen molar-refractivity contribution in [2.24, 2.45) is 0 Å². The number of aromatic nitrogens is 1. The second-order valence-corrected chi connectivity index (χ2v) is 4.00. The zero-order valence-corrected chi connectivity index (χ0v) is 10.3. The minimum atomic E-state index is 0.671. The molecule has 1 aromatic carbocycles. The highest BCUT2D eigenvalue weighted by Gasteiger charge is 2.01. The number of hydrogen-bond donors (Lipinski definition) is 0. The van der Waals surface area contributed by atoms with Gasteiger partial charge >= 0.3 is 0 Å². The standard InChI is InChI=1S/C15H15NO2/c1-2-7-18-15-8-14(9-16-10-15)13-5-3-12(11-17)4-6-13/h3-6,8-11H,2,7H2,1H3. The van der Waals surface area contributed by atoms with Crippen molar-refractivity contribution in [1.29, 1.82) is 0 Å². The summed E-state index contributed by atoms with van der Waals surface area (Å²) in [6, 6.07) is 9.36. The number of benzene rings is 1. The fraction of sp³-hybridized carbons (Fsp3) is 0.200. The molecule has 0 unspecified atom stereocenters. The molecule has 92 valence electrons. The second kappa shape index (κ2) is 5.96. The van der Waals surface area contributed by atoms with Gasteiger partial charge in [0.15, 0.2) is 0 Å². The van der Waals surface area contributed by atoms with Crippen molar-refractivity contribution in [3.05, 3.63) is 48.3 Å². The number of hydrogen-bond acceptors (Lipinski definition) is 3. The predicted octanol–water partition coefficient (Wildman–Crippen LogP) is 3.35. The SMILES string of the molecule is CCCOc1cncc(-c2ccc(C=O)cc2)c1. The van der Waals surface area contributed by atoms with Gasteiger partial charge in [-0.3, -0.25) is 9.78 Å². The number of pyridine rings is 1. The van der Waals surface area contributed by atoms with Gasteiger partial charge in [-0.25, -0.2) is 0 Å². The van der Waals surface area contributed by atoms with Gasteiger partial charge in [0.25, 0.3) is 0 Å². The molecule has 0 saturated carbocycles. The lowest BCUT2D eigenvalue weighted by atomic mass is 10.1. The Hall–Kier alpha value is -2.16. The largest absolute Gasteiger partial charge is 0.492 e. The fourth-order valence-corrected chi connectivity index (χ4v) is 1.63. The zero-order valence-electron chi connectivity index (χ0n) is 10.3. The smallest absolute Gasteiger partial charge is 0.150 e. The molecule has 0 saturated heterocycles. The number of aldehydes is 1. The van der Waals surface area contributed by atoms with Gasteiger partial charge in [0, 0.05) is 17.3 Å². The van der Waals surface area contributed by atoms with Crippen molar-refractivity contribution in [2.75, 3.05) is 6.61 Å². The summed E-state index contributed by atoms with van der Waals surface area (Å²) in [7, 11) is 0. The highest BCUT2D eigenvalue weighted by atomic mass is 16.5. The van der Waals surface area contributed by atoms with E-state index in [1.54, 1.807) is 24.5 Å². The predicted molar refractivity (Wildman–Crippen MR) is 70.8 cm³/mol. The van der Waals surface area contributed by atoms with Crippen LogP contribution in [-0.2, 0) is 0 Å². The van der Waals surface area contributed by atoms with E-state index in [4.69, 9.17) is 4.74 Å². The normalized spacial score (nSPS) is 10.1. The molecule has 0 N–H and O–H groups in total. The van der Waals surface area contributed by atoms with E-state index in [2.05, 4.69) is 11.9 Å². The molecular weight excluding hydrogens is 226 g/mol. The van der Waals surface area contributed by atoms with Gasteiger partial charge < -0.3 is 4.74 Å². The molecule has 1 heterocycles. The van der Waals surface area contributed by atoms with Gasteiger partial charge in [0.2, 0.25) is 0 Å². The monoisotopic (exact) mass is 241 g/mol. The van der Waals surface area contributed by atoms with E-state index >= 15 is 0 Å². The summed E-state index contributed by atoms with van der Waals surface area (Å²) in [5, 5.41) is 0. The van der Waals surface area contributed by atoms with E-state index in [0.717, 1.165) is 29.6 Å². The molecule has 0 aliphatic rings. The van der Waals surface area contributed by atoms with Crippen LogP contribution in [-0.4, -0.2) is 17.9 Å². The Kier molecular flexibility index (Phi) is 4.07. The lowest BCUT2D eigenvalue weighted by Crippen LogP contribution is -1.95. The molecule has 3 heteroatoms. The van der Waals surface area contributed by atoms with E-state index in [1.165, 1.54) is 0 Å². The molecule has 2 aromatic rings. The third-order valence-electron chi connectivity index (χ3n) is 2.57. The third kappa shape index (κ3) is 2.94. The molecule has 0 atom stereocenters. The zero-order chi connectivity index (χ0) is 12.8. The minimum absolute atomic E-state index is 0.671. The number of rotatable bonds is 5. The van der Waals surface area contributed by atoms with Crippen LogP contribution in [0.2, 0.25) is 0 Å². The molecule has 0 spiro atoms. The molecule has 0 bridgehead atoms. The van der Waals surface area contributed by atoms with E-state index in [9.17, 15) is 4.79 Å². The Labute approximate surface area is 106 Å². The van der Waals surface area contributed by atoms with Crippen LogP contribution in [0.15, 0.2) is 42.7 Å². The lowest BCUT2D eigenvalue weighted by Gasteiger charge is -2.06. The molecule has 0 aliphatic heterocycles. The van der Waals surface area contributed by atoms with Crippen molar-refractivity contribution in [1.82, 2.24) is 4.98 Å². The van der Waals surface area contributed by atoms with Crippen molar-refractivity contribution in [3.8, 4) is 16.9 Å². The maximum atomic E-state index is 10.6. The molecular formula is C15H15NO2. The van der Waals surface area contributed by atoms with E-state index in [0.29, 0.717) is 12.2 Å². The molecule has 0 radical (unpaired) electrons.